The van der Waals surface area contributed by atoms with Gasteiger partial charge in [-0.3, -0.25) is 23.7 Å². The van der Waals surface area contributed by atoms with Crippen LogP contribution in [0.15, 0.2) is 81.0 Å². The highest BCUT2D eigenvalue weighted by atomic mass is 79.9. The topological polar surface area (TPSA) is 88.5 Å². The maximum atomic E-state index is 13.9. The summed E-state index contributed by atoms with van der Waals surface area (Å²) in [7, 11) is 0. The fourth-order valence-corrected chi connectivity index (χ4v) is 8.61. The number of fused-ring (bicyclic) bond motifs is 2. The number of hydrogen-bond acceptors (Lipinski definition) is 6. The van der Waals surface area contributed by atoms with Crippen molar-refractivity contribution in [2.75, 3.05) is 10.2 Å². The summed E-state index contributed by atoms with van der Waals surface area (Å²) in [4.78, 5) is 54.8. The molecule has 1 fully saturated rings. The number of imide groups is 1. The second-order valence-corrected chi connectivity index (χ2v) is 13.8. The van der Waals surface area contributed by atoms with Crippen LogP contribution in [0.1, 0.15) is 21.9 Å². The number of nitrogens with one attached hydrogen (secondary N) is 1. The Morgan fingerprint density at radius 3 is 2.36 bits per heavy atom. The molecular weight excluding hydrogens is 726 g/mol. The molecule has 226 valence electrons. The molecule has 0 radical (unpaired) electrons. The number of hydrogen-bond donors (Lipinski definition) is 1. The maximum Gasteiger partial charge on any atom is 0.416 e. The van der Waals surface area contributed by atoms with Crippen LogP contribution < -0.4 is 15.1 Å². The summed E-state index contributed by atoms with van der Waals surface area (Å²) < 4.78 is 42.5. The highest BCUT2D eigenvalue weighted by Crippen LogP contribution is 2.54. The fourth-order valence-electron chi connectivity index (χ4n) is 5.28. The van der Waals surface area contributed by atoms with E-state index in [4.69, 9.17) is 23.2 Å². The van der Waals surface area contributed by atoms with Crippen LogP contribution in [0.25, 0.3) is 0 Å². The Morgan fingerprint density at radius 2 is 1.68 bits per heavy atom. The van der Waals surface area contributed by atoms with Crippen molar-refractivity contribution in [1.82, 2.24) is 4.57 Å². The molecule has 3 heterocycles. The van der Waals surface area contributed by atoms with Crippen LogP contribution in [-0.4, -0.2) is 27.5 Å². The first-order chi connectivity index (χ1) is 20.8. The number of aromatic nitrogens is 1. The number of benzene rings is 3. The minimum absolute atomic E-state index is 0.193. The lowest BCUT2D eigenvalue weighted by Gasteiger charge is -2.30. The van der Waals surface area contributed by atoms with Crippen LogP contribution in [0, 0.1) is 5.92 Å². The van der Waals surface area contributed by atoms with Gasteiger partial charge >= 0.3 is 11.0 Å². The lowest BCUT2D eigenvalue weighted by atomic mass is 9.83. The van der Waals surface area contributed by atoms with Crippen molar-refractivity contribution in [2.24, 2.45) is 5.92 Å². The summed E-state index contributed by atoms with van der Waals surface area (Å²) in [6.45, 7) is -0.401. The van der Waals surface area contributed by atoms with Crippen LogP contribution >= 0.6 is 62.2 Å². The molecule has 2 unspecified atom stereocenters. The highest BCUT2D eigenvalue weighted by molar-refractivity contribution is 9.10. The number of nitrogens with zero attached hydrogens (tertiary/aromatic N) is 2. The zero-order valence-electron chi connectivity index (χ0n) is 21.9. The van der Waals surface area contributed by atoms with Crippen LogP contribution in [0.5, 0.6) is 0 Å². The Bertz CT molecular complexity index is 1900. The normalized spacial score (nSPS) is 19.6. The van der Waals surface area contributed by atoms with Crippen molar-refractivity contribution in [3.05, 3.63) is 107 Å². The van der Waals surface area contributed by atoms with Crippen LogP contribution in [-0.2, 0) is 27.1 Å². The molecule has 4 aromatic rings. The van der Waals surface area contributed by atoms with E-state index in [0.29, 0.717) is 26.2 Å². The van der Waals surface area contributed by atoms with Gasteiger partial charge in [-0.1, -0.05) is 80.4 Å². The zero-order valence-corrected chi connectivity index (χ0v) is 26.6. The van der Waals surface area contributed by atoms with Gasteiger partial charge in [0.1, 0.15) is 11.8 Å². The van der Waals surface area contributed by atoms with Crippen LogP contribution in [0.4, 0.5) is 24.5 Å². The molecule has 0 aliphatic carbocycles. The van der Waals surface area contributed by atoms with Crippen molar-refractivity contribution in [3.8, 4) is 0 Å². The standard InChI is InChI=1S/C29H17BrCl2F3N3O4S2/c30-15-6-4-13(5-7-15)21-22-23(26(41)38(25(22)40)17-3-1-2-14(10-17)29(33,34)35)43-27-24(21)44-28(42)37(27)12-20(39)36-16-8-9-18(31)19(32)11-16/h1-11,21-23H,12H2,(H,36,39)/t21-,22?,23?/m1/s1. The molecule has 44 heavy (non-hydrogen) atoms. The van der Waals surface area contributed by atoms with Gasteiger partial charge in [0.2, 0.25) is 17.7 Å². The molecule has 7 nitrogen and oxygen atoms in total. The van der Waals surface area contributed by atoms with Crippen molar-refractivity contribution >= 4 is 91.3 Å². The summed E-state index contributed by atoms with van der Waals surface area (Å²) in [5.74, 6) is -3.70. The zero-order chi connectivity index (χ0) is 31.5. The second kappa shape index (κ2) is 11.7. The van der Waals surface area contributed by atoms with Gasteiger partial charge in [-0.2, -0.15) is 13.2 Å². The summed E-state index contributed by atoms with van der Waals surface area (Å²) in [5, 5.41) is 2.47. The lowest BCUT2D eigenvalue weighted by molar-refractivity contribution is -0.137. The lowest BCUT2D eigenvalue weighted by Crippen LogP contribution is -2.33. The Balaban J connectivity index is 1.40. The molecular formula is C29H17BrCl2F3N3O4S2. The van der Waals surface area contributed by atoms with Crippen molar-refractivity contribution in [2.45, 2.75) is 28.9 Å². The van der Waals surface area contributed by atoms with E-state index in [1.54, 1.807) is 30.3 Å². The van der Waals surface area contributed by atoms with E-state index in [0.717, 1.165) is 50.7 Å². The smallest absolute Gasteiger partial charge is 0.324 e. The molecule has 0 spiro atoms. The van der Waals surface area contributed by atoms with Gasteiger partial charge in [0.15, 0.2) is 0 Å². The van der Waals surface area contributed by atoms with Crippen molar-refractivity contribution < 1.29 is 27.6 Å². The number of thiazole rings is 1. The van der Waals surface area contributed by atoms with Gasteiger partial charge in [-0.25, -0.2) is 4.90 Å². The number of amides is 3. The third-order valence-corrected chi connectivity index (χ3v) is 11.1. The molecule has 2 aliphatic rings. The predicted molar refractivity (Wildman–Crippen MR) is 167 cm³/mol. The minimum Gasteiger partial charge on any atom is -0.324 e. The first-order valence-electron chi connectivity index (χ1n) is 12.8. The van der Waals surface area contributed by atoms with E-state index in [9.17, 15) is 32.3 Å². The molecule has 2 aliphatic heterocycles. The Morgan fingerprint density at radius 1 is 0.955 bits per heavy atom. The summed E-state index contributed by atoms with van der Waals surface area (Å²) in [6.07, 6.45) is -4.68. The quantitative estimate of drug-likeness (QED) is 0.215. The van der Waals surface area contributed by atoms with Gasteiger partial charge in [0.05, 0.1) is 32.2 Å². The summed E-state index contributed by atoms with van der Waals surface area (Å²) >= 11 is 17.2. The van der Waals surface area contributed by atoms with Gasteiger partial charge in [-0.05, 0) is 54.1 Å². The predicted octanol–water partition coefficient (Wildman–Crippen LogP) is 7.43. The third-order valence-electron chi connectivity index (χ3n) is 7.22. The van der Waals surface area contributed by atoms with Gasteiger partial charge in [-0.15, -0.1) is 0 Å². The van der Waals surface area contributed by atoms with Crippen molar-refractivity contribution in [3.63, 3.8) is 0 Å². The Hall–Kier alpha value is -3.10. The molecule has 15 heteroatoms. The SMILES string of the molecule is O=C(Cn1c2c(sc1=O)[C@H](c1ccc(Br)cc1)C1C(=O)N(c3cccc(C(F)(F)F)c3)C(=O)C1S2)Nc1ccc(Cl)c(Cl)c1. The van der Waals surface area contributed by atoms with Gasteiger partial charge < -0.3 is 5.32 Å². The fraction of sp³-hybridized carbons (Fsp3) is 0.172. The van der Waals surface area contributed by atoms with Gasteiger partial charge in [0.25, 0.3) is 0 Å². The summed E-state index contributed by atoms with van der Waals surface area (Å²) in [5.41, 5.74) is -0.203. The number of carbonyl (C=O) groups excluding carboxylic acids is 3. The van der Waals surface area contributed by atoms with E-state index in [1.165, 1.54) is 22.8 Å². The van der Waals surface area contributed by atoms with E-state index in [-0.39, 0.29) is 10.7 Å². The Labute approximate surface area is 274 Å². The second-order valence-electron chi connectivity index (χ2n) is 9.95. The third kappa shape index (κ3) is 5.60. The molecule has 0 saturated carbocycles. The Kier molecular flexibility index (Phi) is 8.20. The molecule has 1 N–H and O–H groups in total. The number of thioether (sulfide) groups is 1. The first-order valence-corrected chi connectivity index (χ1v) is 16.0. The highest BCUT2D eigenvalue weighted by Gasteiger charge is 2.57. The molecule has 1 saturated heterocycles. The monoisotopic (exact) mass is 741 g/mol. The van der Waals surface area contributed by atoms with Gasteiger partial charge in [0, 0.05) is 21.0 Å². The molecule has 3 aromatic carbocycles. The van der Waals surface area contributed by atoms with Crippen LogP contribution in [0.2, 0.25) is 10.0 Å². The average molecular weight is 743 g/mol. The van der Waals surface area contributed by atoms with E-state index in [2.05, 4.69) is 21.2 Å². The maximum absolute atomic E-state index is 13.9. The minimum atomic E-state index is -4.68. The van der Waals surface area contributed by atoms with E-state index >= 15 is 0 Å². The van der Waals surface area contributed by atoms with E-state index < -0.39 is 58.0 Å². The largest absolute Gasteiger partial charge is 0.416 e. The number of carbonyl (C=O) groups is 3. The first kappa shape index (κ1) is 30.9. The summed E-state index contributed by atoms with van der Waals surface area (Å²) in [6, 6.07) is 15.6. The molecule has 1 aromatic heterocycles. The van der Waals surface area contributed by atoms with Crippen molar-refractivity contribution in [1.29, 1.82) is 0 Å². The number of alkyl halides is 3. The number of anilines is 2. The number of rotatable bonds is 5. The molecule has 3 atom stereocenters. The molecule has 0 bridgehead atoms. The average Bonchev–Trinajstić information content (AvgIpc) is 3.41. The number of halogens is 6. The molecule has 6 rings (SSSR count). The van der Waals surface area contributed by atoms with Crippen LogP contribution in [0.3, 0.4) is 0 Å². The molecule has 3 amide bonds. The van der Waals surface area contributed by atoms with E-state index in [1.807, 2.05) is 0 Å².